The van der Waals surface area contributed by atoms with Gasteiger partial charge in [-0.2, -0.15) is 0 Å². The monoisotopic (exact) mass is 289 g/mol. The zero-order valence-corrected chi connectivity index (χ0v) is 12.6. The number of aromatic amines is 1. The highest BCUT2D eigenvalue weighted by molar-refractivity contribution is 5.79. The van der Waals surface area contributed by atoms with Crippen molar-refractivity contribution in [2.45, 2.75) is 33.1 Å². The van der Waals surface area contributed by atoms with Crippen LogP contribution in [0.25, 0.3) is 11.0 Å². The van der Waals surface area contributed by atoms with Gasteiger partial charge in [-0.3, -0.25) is 4.79 Å². The van der Waals surface area contributed by atoms with E-state index in [1.54, 1.807) is 0 Å². The van der Waals surface area contributed by atoms with Crippen LogP contribution in [0.1, 0.15) is 31.2 Å². The van der Waals surface area contributed by atoms with Gasteiger partial charge in [-0.25, -0.2) is 4.98 Å². The molecular weight excluding hydrogens is 266 g/mol. The molecule has 2 aromatic rings. The largest absolute Gasteiger partial charge is 0.396 e. The first-order valence-corrected chi connectivity index (χ1v) is 7.42. The number of aryl methyl sites for hydroxylation is 2. The molecular formula is C16H23N3O2. The number of nitrogens with zero attached hydrogens (tertiary/aromatic N) is 1. The highest BCUT2D eigenvalue weighted by Crippen LogP contribution is 2.16. The number of benzene rings is 1. The fourth-order valence-electron chi connectivity index (χ4n) is 2.28. The first-order valence-electron chi connectivity index (χ1n) is 7.42. The van der Waals surface area contributed by atoms with Crippen LogP contribution in [-0.4, -0.2) is 34.1 Å². The summed E-state index contributed by atoms with van der Waals surface area (Å²) in [4.78, 5) is 19.6. The number of fused-ring (bicyclic) bond motifs is 1. The van der Waals surface area contributed by atoms with E-state index in [1.807, 2.05) is 32.0 Å². The number of hydrogen-bond donors (Lipinski definition) is 3. The van der Waals surface area contributed by atoms with Crippen LogP contribution in [0.2, 0.25) is 0 Å². The molecule has 0 radical (unpaired) electrons. The van der Waals surface area contributed by atoms with Gasteiger partial charge in [0, 0.05) is 26.0 Å². The van der Waals surface area contributed by atoms with E-state index in [-0.39, 0.29) is 12.5 Å². The van der Waals surface area contributed by atoms with Crippen LogP contribution in [0, 0.1) is 12.8 Å². The van der Waals surface area contributed by atoms with E-state index in [9.17, 15) is 4.79 Å². The van der Waals surface area contributed by atoms with E-state index in [0.29, 0.717) is 31.7 Å². The van der Waals surface area contributed by atoms with Gasteiger partial charge in [0.05, 0.1) is 11.0 Å². The number of H-pyrrole nitrogens is 1. The molecule has 5 heteroatoms. The molecule has 0 aliphatic heterocycles. The highest BCUT2D eigenvalue weighted by Gasteiger charge is 2.08. The topological polar surface area (TPSA) is 78.0 Å². The quantitative estimate of drug-likeness (QED) is 0.729. The fraction of sp³-hybridized carbons (Fsp3) is 0.500. The molecule has 5 nitrogen and oxygen atoms in total. The number of carbonyl (C=O) groups is 1. The van der Waals surface area contributed by atoms with Gasteiger partial charge in [0.2, 0.25) is 5.91 Å². The predicted octanol–water partition coefficient (Wildman–Crippen LogP) is 1.94. The minimum atomic E-state index is 0.0250. The van der Waals surface area contributed by atoms with Gasteiger partial charge < -0.3 is 15.4 Å². The van der Waals surface area contributed by atoms with Gasteiger partial charge >= 0.3 is 0 Å². The van der Waals surface area contributed by atoms with Crippen molar-refractivity contribution in [2.24, 2.45) is 5.92 Å². The van der Waals surface area contributed by atoms with Crippen molar-refractivity contribution in [3.05, 3.63) is 29.6 Å². The Balaban J connectivity index is 1.84. The van der Waals surface area contributed by atoms with Gasteiger partial charge in [0.1, 0.15) is 5.82 Å². The van der Waals surface area contributed by atoms with Crippen molar-refractivity contribution in [1.82, 2.24) is 15.3 Å². The number of amides is 1. The van der Waals surface area contributed by atoms with Crippen LogP contribution < -0.4 is 5.32 Å². The fourth-order valence-corrected chi connectivity index (χ4v) is 2.28. The van der Waals surface area contributed by atoms with E-state index in [1.165, 1.54) is 0 Å². The Kier molecular flexibility index (Phi) is 5.33. The van der Waals surface area contributed by atoms with Crippen molar-refractivity contribution >= 4 is 16.9 Å². The predicted molar refractivity (Wildman–Crippen MR) is 83.0 cm³/mol. The highest BCUT2D eigenvalue weighted by atomic mass is 16.3. The summed E-state index contributed by atoms with van der Waals surface area (Å²) >= 11 is 0. The molecule has 1 heterocycles. The second-order valence-corrected chi connectivity index (χ2v) is 5.58. The summed E-state index contributed by atoms with van der Waals surface area (Å²) in [6.07, 6.45) is 1.74. The number of aromatic nitrogens is 2. The Labute approximate surface area is 124 Å². The van der Waals surface area contributed by atoms with Crippen LogP contribution >= 0.6 is 0 Å². The Bertz CT molecular complexity index is 607. The van der Waals surface area contributed by atoms with Crippen LogP contribution in [-0.2, 0) is 11.2 Å². The van der Waals surface area contributed by atoms with Crippen molar-refractivity contribution in [2.75, 3.05) is 13.2 Å². The maximum absolute atomic E-state index is 11.8. The maximum Gasteiger partial charge on any atom is 0.220 e. The number of carbonyl (C=O) groups excluding carboxylic acids is 1. The summed E-state index contributed by atoms with van der Waals surface area (Å²) in [5, 5.41) is 11.7. The third-order valence-corrected chi connectivity index (χ3v) is 3.62. The molecule has 0 aliphatic carbocycles. The van der Waals surface area contributed by atoms with Crippen molar-refractivity contribution in [3.63, 3.8) is 0 Å². The number of hydrogen-bond acceptors (Lipinski definition) is 3. The van der Waals surface area contributed by atoms with Gasteiger partial charge in [-0.05, 0) is 30.9 Å². The molecule has 0 spiro atoms. The van der Waals surface area contributed by atoms with Gasteiger partial charge in [-0.15, -0.1) is 0 Å². The Morgan fingerprint density at radius 3 is 3.00 bits per heavy atom. The number of para-hydroxylation sites is 1. The number of aliphatic hydroxyl groups excluding tert-OH is 1. The third kappa shape index (κ3) is 4.29. The average Bonchev–Trinajstić information content (AvgIpc) is 2.88. The number of imidazole rings is 1. The Morgan fingerprint density at radius 2 is 2.29 bits per heavy atom. The van der Waals surface area contributed by atoms with Crippen molar-refractivity contribution < 1.29 is 9.90 Å². The molecule has 1 aromatic carbocycles. The molecule has 1 amide bonds. The average molecular weight is 289 g/mol. The molecule has 3 N–H and O–H groups in total. The maximum atomic E-state index is 11.8. The second-order valence-electron chi connectivity index (χ2n) is 5.58. The number of nitrogens with one attached hydrogen (secondary N) is 2. The van der Waals surface area contributed by atoms with E-state index in [4.69, 9.17) is 5.11 Å². The van der Waals surface area contributed by atoms with E-state index in [2.05, 4.69) is 15.3 Å². The van der Waals surface area contributed by atoms with E-state index in [0.717, 1.165) is 22.4 Å². The zero-order valence-electron chi connectivity index (χ0n) is 12.6. The van der Waals surface area contributed by atoms with Gasteiger partial charge in [0.15, 0.2) is 0 Å². The van der Waals surface area contributed by atoms with Crippen LogP contribution in [0.15, 0.2) is 18.2 Å². The molecule has 1 atom stereocenters. The van der Waals surface area contributed by atoms with Crippen molar-refractivity contribution in [1.29, 1.82) is 0 Å². The molecule has 21 heavy (non-hydrogen) atoms. The molecule has 114 valence electrons. The van der Waals surface area contributed by atoms with Gasteiger partial charge in [-0.1, -0.05) is 19.1 Å². The number of rotatable bonds is 7. The molecule has 1 aromatic heterocycles. The molecule has 0 saturated heterocycles. The summed E-state index contributed by atoms with van der Waals surface area (Å²) < 4.78 is 0. The Hall–Kier alpha value is -1.88. The lowest BCUT2D eigenvalue weighted by atomic mass is 10.1. The standard InChI is InChI=1S/C16H23N3O2/c1-11(8-9-20)10-17-15(21)7-6-14-18-13-5-3-4-12(2)16(13)19-14/h3-5,11,20H,6-10H2,1-2H3,(H,17,21)(H,18,19). The molecule has 0 aliphatic rings. The van der Waals surface area contributed by atoms with E-state index >= 15 is 0 Å². The molecule has 0 fully saturated rings. The minimum Gasteiger partial charge on any atom is -0.396 e. The lowest BCUT2D eigenvalue weighted by Gasteiger charge is -2.10. The summed E-state index contributed by atoms with van der Waals surface area (Å²) in [5.74, 6) is 1.17. The van der Waals surface area contributed by atoms with Crippen LogP contribution in [0.3, 0.4) is 0 Å². The molecule has 0 saturated carbocycles. The van der Waals surface area contributed by atoms with Crippen LogP contribution in [0.4, 0.5) is 0 Å². The SMILES string of the molecule is Cc1cccc2[nH]c(CCC(=O)NCC(C)CCO)nc12. The second kappa shape index (κ2) is 7.22. The third-order valence-electron chi connectivity index (χ3n) is 3.62. The summed E-state index contributed by atoms with van der Waals surface area (Å²) in [5.41, 5.74) is 3.13. The smallest absolute Gasteiger partial charge is 0.220 e. The Morgan fingerprint density at radius 1 is 1.48 bits per heavy atom. The van der Waals surface area contributed by atoms with Crippen LogP contribution in [0.5, 0.6) is 0 Å². The lowest BCUT2D eigenvalue weighted by Crippen LogP contribution is -2.28. The summed E-state index contributed by atoms with van der Waals surface area (Å²) in [6.45, 7) is 4.81. The summed E-state index contributed by atoms with van der Waals surface area (Å²) in [7, 11) is 0. The summed E-state index contributed by atoms with van der Waals surface area (Å²) in [6, 6.07) is 6.02. The van der Waals surface area contributed by atoms with Crippen molar-refractivity contribution in [3.8, 4) is 0 Å². The van der Waals surface area contributed by atoms with Gasteiger partial charge in [0.25, 0.3) is 0 Å². The molecule has 2 rings (SSSR count). The molecule has 1 unspecified atom stereocenters. The number of aliphatic hydroxyl groups is 1. The van der Waals surface area contributed by atoms with E-state index < -0.39 is 0 Å². The normalized spacial score (nSPS) is 12.5. The minimum absolute atomic E-state index is 0.0250. The zero-order chi connectivity index (χ0) is 15.2. The molecule has 0 bridgehead atoms. The first-order chi connectivity index (χ1) is 10.1. The lowest BCUT2D eigenvalue weighted by molar-refractivity contribution is -0.121. The first kappa shape index (κ1) is 15.5.